The van der Waals surface area contributed by atoms with E-state index < -0.39 is 5.60 Å². The number of rotatable bonds is 3. The zero-order valence-electron chi connectivity index (χ0n) is 13.9. The Kier molecular flexibility index (Phi) is 4.39. The Morgan fingerprint density at radius 2 is 2.04 bits per heavy atom. The number of benzene rings is 1. The average molecular weight is 355 g/mol. The number of thioether (sulfide) groups is 1. The first-order valence-electron chi connectivity index (χ1n) is 8.56. The molecule has 1 atom stereocenters. The van der Waals surface area contributed by atoms with Crippen LogP contribution in [-0.4, -0.2) is 45.0 Å². The third-order valence-electron chi connectivity index (χ3n) is 5.08. The van der Waals surface area contributed by atoms with Crippen LogP contribution >= 0.6 is 11.8 Å². The van der Waals surface area contributed by atoms with Gasteiger partial charge in [0.05, 0.1) is 17.7 Å². The van der Waals surface area contributed by atoms with Crippen LogP contribution in [0, 0.1) is 5.92 Å². The normalized spacial score (nSPS) is 22.7. The van der Waals surface area contributed by atoms with E-state index in [1.807, 2.05) is 41.4 Å². The molecule has 130 valence electrons. The largest absolute Gasteiger partial charge is 0.385 e. The van der Waals surface area contributed by atoms with Gasteiger partial charge in [0.2, 0.25) is 5.91 Å². The van der Waals surface area contributed by atoms with Crippen LogP contribution in [0.2, 0.25) is 0 Å². The minimum atomic E-state index is -0.819. The summed E-state index contributed by atoms with van der Waals surface area (Å²) in [4.78, 5) is 15.8. The summed E-state index contributed by atoms with van der Waals surface area (Å²) >= 11 is 1.70. The number of carbonyl (C=O) groups is 1. The van der Waals surface area contributed by atoms with Gasteiger partial charge in [-0.3, -0.25) is 9.89 Å². The standard InChI is InChI=1S/C19H21N3O2S/c23-18(14-10-17(25-13-14)15-11-20-21-12-15)22-8-6-19(24,7-9-22)16-4-2-1-3-5-16/h1-5,10-12,14,24H,6-9,13H2,(H,20,21). The molecule has 2 aromatic rings. The number of aromatic amines is 1. The van der Waals surface area contributed by atoms with Crippen molar-refractivity contribution in [1.82, 2.24) is 15.1 Å². The minimum Gasteiger partial charge on any atom is -0.385 e. The molecule has 1 saturated heterocycles. The van der Waals surface area contributed by atoms with E-state index in [1.165, 1.54) is 0 Å². The number of H-pyrrole nitrogens is 1. The zero-order chi connectivity index (χ0) is 17.3. The summed E-state index contributed by atoms with van der Waals surface area (Å²) in [7, 11) is 0. The monoisotopic (exact) mass is 355 g/mol. The third-order valence-corrected chi connectivity index (χ3v) is 6.29. The van der Waals surface area contributed by atoms with Gasteiger partial charge in [0.1, 0.15) is 0 Å². The van der Waals surface area contributed by atoms with E-state index in [1.54, 1.807) is 18.0 Å². The summed E-state index contributed by atoms with van der Waals surface area (Å²) in [6.07, 6.45) is 6.86. The van der Waals surface area contributed by atoms with Crippen LogP contribution in [0.25, 0.3) is 4.91 Å². The number of hydrogen-bond donors (Lipinski definition) is 2. The van der Waals surface area contributed by atoms with Crippen molar-refractivity contribution in [2.75, 3.05) is 18.8 Å². The quantitative estimate of drug-likeness (QED) is 0.888. The van der Waals surface area contributed by atoms with E-state index >= 15 is 0 Å². The fourth-order valence-corrected chi connectivity index (χ4v) is 4.67. The number of likely N-dealkylation sites (tertiary alicyclic amines) is 1. The molecule has 2 N–H and O–H groups in total. The maximum absolute atomic E-state index is 12.8. The number of nitrogens with one attached hydrogen (secondary N) is 1. The maximum Gasteiger partial charge on any atom is 0.230 e. The molecule has 1 aromatic heterocycles. The molecule has 2 aliphatic heterocycles. The van der Waals surface area contributed by atoms with Crippen molar-refractivity contribution in [3.63, 3.8) is 0 Å². The smallest absolute Gasteiger partial charge is 0.230 e. The molecule has 1 aromatic carbocycles. The fourth-order valence-electron chi connectivity index (χ4n) is 3.53. The second-order valence-electron chi connectivity index (χ2n) is 6.66. The van der Waals surface area contributed by atoms with Gasteiger partial charge in [-0.2, -0.15) is 5.10 Å². The van der Waals surface area contributed by atoms with Crippen molar-refractivity contribution in [2.24, 2.45) is 5.92 Å². The molecule has 6 heteroatoms. The highest BCUT2D eigenvalue weighted by Crippen LogP contribution is 2.38. The van der Waals surface area contributed by atoms with Crippen LogP contribution in [0.15, 0.2) is 48.8 Å². The lowest BCUT2D eigenvalue weighted by Gasteiger charge is -2.39. The van der Waals surface area contributed by atoms with Gasteiger partial charge >= 0.3 is 0 Å². The van der Waals surface area contributed by atoms with E-state index in [0.29, 0.717) is 25.9 Å². The molecule has 0 spiro atoms. The number of carbonyl (C=O) groups excluding carboxylic acids is 1. The van der Waals surface area contributed by atoms with Crippen LogP contribution in [-0.2, 0) is 10.4 Å². The molecule has 1 unspecified atom stereocenters. The highest BCUT2D eigenvalue weighted by Gasteiger charge is 2.37. The van der Waals surface area contributed by atoms with Crippen LogP contribution in [0.3, 0.4) is 0 Å². The number of hydrogen-bond acceptors (Lipinski definition) is 4. The summed E-state index contributed by atoms with van der Waals surface area (Å²) in [6.45, 7) is 1.19. The summed E-state index contributed by atoms with van der Waals surface area (Å²) in [5.41, 5.74) is 1.17. The van der Waals surface area contributed by atoms with Crippen LogP contribution < -0.4 is 0 Å². The summed E-state index contributed by atoms with van der Waals surface area (Å²) in [6, 6.07) is 9.77. The Labute approximate surface area is 151 Å². The molecule has 25 heavy (non-hydrogen) atoms. The van der Waals surface area contributed by atoms with Crippen molar-refractivity contribution >= 4 is 22.6 Å². The van der Waals surface area contributed by atoms with Gasteiger partial charge < -0.3 is 10.0 Å². The SMILES string of the molecule is O=C(C1C=C(c2cn[nH]c2)SC1)N1CCC(O)(c2ccccc2)CC1. The van der Waals surface area contributed by atoms with Crippen LogP contribution in [0.1, 0.15) is 24.0 Å². The Morgan fingerprint density at radius 3 is 2.72 bits per heavy atom. The molecule has 3 heterocycles. The predicted molar refractivity (Wildman–Crippen MR) is 98.7 cm³/mol. The summed E-state index contributed by atoms with van der Waals surface area (Å²) < 4.78 is 0. The van der Waals surface area contributed by atoms with Crippen molar-refractivity contribution in [3.05, 3.63) is 59.9 Å². The molecular formula is C19H21N3O2S. The van der Waals surface area contributed by atoms with Gasteiger partial charge in [-0.25, -0.2) is 0 Å². The van der Waals surface area contributed by atoms with E-state index in [4.69, 9.17) is 0 Å². The molecule has 0 saturated carbocycles. The number of piperidine rings is 1. The molecular weight excluding hydrogens is 334 g/mol. The third kappa shape index (κ3) is 3.24. The maximum atomic E-state index is 12.8. The van der Waals surface area contributed by atoms with Crippen LogP contribution in [0.4, 0.5) is 0 Å². The first kappa shape index (κ1) is 16.4. The van der Waals surface area contributed by atoms with Crippen molar-refractivity contribution in [1.29, 1.82) is 0 Å². The number of aromatic nitrogens is 2. The number of aliphatic hydroxyl groups is 1. The molecule has 1 amide bonds. The lowest BCUT2D eigenvalue weighted by molar-refractivity contribution is -0.137. The second-order valence-corrected chi connectivity index (χ2v) is 7.72. The zero-order valence-corrected chi connectivity index (χ0v) is 14.7. The van der Waals surface area contributed by atoms with Crippen molar-refractivity contribution < 1.29 is 9.90 Å². The lowest BCUT2D eigenvalue weighted by atomic mass is 9.84. The molecule has 4 rings (SSSR count). The number of amides is 1. The average Bonchev–Trinajstić information content (AvgIpc) is 3.34. The van der Waals surface area contributed by atoms with Gasteiger partial charge in [0.25, 0.3) is 0 Å². The highest BCUT2D eigenvalue weighted by molar-refractivity contribution is 8.08. The van der Waals surface area contributed by atoms with E-state index in [-0.39, 0.29) is 11.8 Å². The van der Waals surface area contributed by atoms with Gasteiger partial charge in [-0.15, -0.1) is 11.8 Å². The Hall–Kier alpha value is -2.05. The molecule has 2 aliphatic rings. The lowest BCUT2D eigenvalue weighted by Crippen LogP contribution is -2.47. The topological polar surface area (TPSA) is 69.2 Å². The minimum absolute atomic E-state index is 0.0854. The fraction of sp³-hybridized carbons (Fsp3) is 0.368. The Bertz CT molecular complexity index is 765. The van der Waals surface area contributed by atoms with Gasteiger partial charge in [0, 0.05) is 35.5 Å². The Morgan fingerprint density at radius 1 is 1.28 bits per heavy atom. The van der Waals surface area contributed by atoms with Gasteiger partial charge in [-0.05, 0) is 18.4 Å². The molecule has 5 nitrogen and oxygen atoms in total. The van der Waals surface area contributed by atoms with Crippen LogP contribution in [0.5, 0.6) is 0 Å². The van der Waals surface area contributed by atoms with E-state index in [2.05, 4.69) is 16.3 Å². The first-order valence-corrected chi connectivity index (χ1v) is 9.55. The molecule has 0 radical (unpaired) electrons. The van der Waals surface area contributed by atoms with E-state index in [9.17, 15) is 9.90 Å². The highest BCUT2D eigenvalue weighted by atomic mass is 32.2. The van der Waals surface area contributed by atoms with Gasteiger partial charge in [0.15, 0.2) is 0 Å². The van der Waals surface area contributed by atoms with Crippen molar-refractivity contribution in [3.8, 4) is 0 Å². The molecule has 1 fully saturated rings. The Balaban J connectivity index is 1.40. The van der Waals surface area contributed by atoms with Crippen molar-refractivity contribution in [2.45, 2.75) is 18.4 Å². The summed E-state index contributed by atoms with van der Waals surface area (Å²) in [5, 5.41) is 17.7. The first-order chi connectivity index (χ1) is 12.2. The van der Waals surface area contributed by atoms with Gasteiger partial charge in [-0.1, -0.05) is 36.4 Å². The van der Waals surface area contributed by atoms with E-state index in [0.717, 1.165) is 21.8 Å². The summed E-state index contributed by atoms with van der Waals surface area (Å²) in [5.74, 6) is 0.859. The molecule has 0 aliphatic carbocycles. The molecule has 0 bridgehead atoms. The second kappa shape index (κ2) is 6.69. The predicted octanol–water partition coefficient (Wildman–Crippen LogP) is 2.62. The number of nitrogens with zero attached hydrogens (tertiary/aromatic N) is 2.